The molecule has 0 radical (unpaired) electrons. The number of fused-ring (bicyclic) bond motifs is 2. The molecule has 4 amide bonds. The average molecular weight is 301 g/mol. The second-order valence-corrected chi connectivity index (χ2v) is 5.62. The summed E-state index contributed by atoms with van der Waals surface area (Å²) in [5.41, 5.74) is 0.155. The number of hydrogen-bond acceptors (Lipinski definition) is 3. The molecule has 1 aromatic rings. The molecule has 1 aromatic carbocycles. The number of nitrogens with zero attached hydrogens (tertiary/aromatic N) is 3. The Labute approximate surface area is 129 Å². The van der Waals surface area contributed by atoms with Gasteiger partial charge in [0.2, 0.25) is 0 Å². The highest BCUT2D eigenvalue weighted by Crippen LogP contribution is 2.43. The summed E-state index contributed by atoms with van der Waals surface area (Å²) in [6, 6.07) is 6.87. The van der Waals surface area contributed by atoms with E-state index in [1.807, 2.05) is 26.0 Å². The minimum atomic E-state index is -1.10. The van der Waals surface area contributed by atoms with Crippen molar-refractivity contribution >= 4 is 17.8 Å². The predicted molar refractivity (Wildman–Crippen MR) is 80.2 cm³/mol. The SMILES string of the molecule is CCN1CC2(C(=O)N(C)C1=O)c1ccccc1C(=O)N2CC. The van der Waals surface area contributed by atoms with Gasteiger partial charge in [-0.05, 0) is 19.9 Å². The molecule has 0 saturated carbocycles. The fourth-order valence-electron chi connectivity index (χ4n) is 3.54. The van der Waals surface area contributed by atoms with Crippen LogP contribution in [0.25, 0.3) is 0 Å². The van der Waals surface area contributed by atoms with Gasteiger partial charge in [0.1, 0.15) is 0 Å². The maximum Gasteiger partial charge on any atom is 0.326 e. The average Bonchev–Trinajstić information content (AvgIpc) is 2.78. The van der Waals surface area contributed by atoms with Gasteiger partial charge in [-0.1, -0.05) is 18.2 Å². The van der Waals surface area contributed by atoms with E-state index in [1.54, 1.807) is 21.9 Å². The van der Waals surface area contributed by atoms with Crippen molar-refractivity contribution in [3.63, 3.8) is 0 Å². The molecule has 1 unspecified atom stereocenters. The summed E-state index contributed by atoms with van der Waals surface area (Å²) in [6.07, 6.45) is 0. The first-order valence-corrected chi connectivity index (χ1v) is 7.47. The highest BCUT2D eigenvalue weighted by Gasteiger charge is 2.59. The maximum absolute atomic E-state index is 13.0. The first-order chi connectivity index (χ1) is 10.5. The summed E-state index contributed by atoms with van der Waals surface area (Å²) in [4.78, 5) is 42.2. The summed E-state index contributed by atoms with van der Waals surface area (Å²) in [6.45, 7) is 4.84. The van der Waals surface area contributed by atoms with Crippen molar-refractivity contribution < 1.29 is 14.4 Å². The summed E-state index contributed by atoms with van der Waals surface area (Å²) in [5, 5.41) is 0. The second kappa shape index (κ2) is 4.83. The van der Waals surface area contributed by atoms with Gasteiger partial charge in [0.05, 0.1) is 6.54 Å². The second-order valence-electron chi connectivity index (χ2n) is 5.62. The molecule has 22 heavy (non-hydrogen) atoms. The van der Waals surface area contributed by atoms with Crippen molar-refractivity contribution in [2.45, 2.75) is 19.4 Å². The lowest BCUT2D eigenvalue weighted by molar-refractivity contribution is -0.144. The highest BCUT2D eigenvalue weighted by molar-refractivity contribution is 6.11. The minimum absolute atomic E-state index is 0.148. The molecule has 0 bridgehead atoms. The van der Waals surface area contributed by atoms with Crippen molar-refractivity contribution in [2.24, 2.45) is 0 Å². The van der Waals surface area contributed by atoms with Crippen LogP contribution in [0, 0.1) is 0 Å². The molecule has 2 aliphatic heterocycles. The third kappa shape index (κ3) is 1.58. The molecule has 6 nitrogen and oxygen atoms in total. The van der Waals surface area contributed by atoms with E-state index in [2.05, 4.69) is 0 Å². The van der Waals surface area contributed by atoms with Gasteiger partial charge < -0.3 is 9.80 Å². The zero-order valence-corrected chi connectivity index (χ0v) is 13.0. The molecule has 0 aromatic heterocycles. The van der Waals surface area contributed by atoms with Gasteiger partial charge in [-0.15, -0.1) is 0 Å². The number of hydrogen-bond donors (Lipinski definition) is 0. The minimum Gasteiger partial charge on any atom is -0.321 e. The standard InChI is InChI=1S/C16H19N3O3/c1-4-18-10-16(14(21)17(3)15(18)22)12-9-7-6-8-11(12)13(20)19(16)5-2/h6-9H,4-5,10H2,1-3H3. The number of likely N-dealkylation sites (N-methyl/N-ethyl adjacent to an activating group) is 3. The van der Waals surface area contributed by atoms with Gasteiger partial charge in [0.25, 0.3) is 11.8 Å². The summed E-state index contributed by atoms with van der Waals surface area (Å²) in [5.74, 6) is -0.479. The highest BCUT2D eigenvalue weighted by atomic mass is 16.2. The Morgan fingerprint density at radius 1 is 1.09 bits per heavy atom. The van der Waals surface area contributed by atoms with Gasteiger partial charge in [-0.25, -0.2) is 4.79 Å². The number of carbonyl (C=O) groups excluding carboxylic acids is 3. The monoisotopic (exact) mass is 301 g/mol. The molecule has 116 valence electrons. The van der Waals surface area contributed by atoms with Crippen LogP contribution < -0.4 is 0 Å². The van der Waals surface area contributed by atoms with Crippen molar-refractivity contribution in [1.82, 2.24) is 14.7 Å². The topological polar surface area (TPSA) is 60.9 Å². The number of urea groups is 1. The fraction of sp³-hybridized carbons (Fsp3) is 0.438. The Bertz CT molecular complexity index is 672. The summed E-state index contributed by atoms with van der Waals surface area (Å²) >= 11 is 0. The van der Waals surface area contributed by atoms with Gasteiger partial charge in [0, 0.05) is 31.3 Å². The zero-order valence-electron chi connectivity index (χ0n) is 13.0. The molecule has 1 atom stereocenters. The molecule has 0 N–H and O–H groups in total. The largest absolute Gasteiger partial charge is 0.326 e. The Morgan fingerprint density at radius 3 is 2.41 bits per heavy atom. The van der Waals surface area contributed by atoms with E-state index in [0.29, 0.717) is 24.2 Å². The third-order valence-electron chi connectivity index (χ3n) is 4.64. The fourth-order valence-corrected chi connectivity index (χ4v) is 3.54. The van der Waals surface area contributed by atoms with Gasteiger partial charge >= 0.3 is 6.03 Å². The van der Waals surface area contributed by atoms with Gasteiger partial charge in [-0.3, -0.25) is 14.5 Å². The molecular formula is C16H19N3O3. The van der Waals surface area contributed by atoms with E-state index in [1.165, 1.54) is 7.05 Å². The third-order valence-corrected chi connectivity index (χ3v) is 4.64. The summed E-state index contributed by atoms with van der Waals surface area (Å²) in [7, 11) is 1.48. The molecule has 6 heteroatoms. The van der Waals surface area contributed by atoms with Crippen LogP contribution in [0.5, 0.6) is 0 Å². The molecule has 2 aliphatic rings. The van der Waals surface area contributed by atoms with Crippen LogP contribution in [0.4, 0.5) is 4.79 Å². The first-order valence-electron chi connectivity index (χ1n) is 7.47. The maximum atomic E-state index is 13.0. The molecule has 3 rings (SSSR count). The molecule has 1 spiro atoms. The van der Waals surface area contributed by atoms with E-state index >= 15 is 0 Å². The van der Waals surface area contributed by atoms with Crippen LogP contribution in [-0.2, 0) is 10.3 Å². The van der Waals surface area contributed by atoms with Gasteiger partial charge in [0.15, 0.2) is 5.54 Å². The van der Waals surface area contributed by atoms with Crippen molar-refractivity contribution in [3.05, 3.63) is 35.4 Å². The molecular weight excluding hydrogens is 282 g/mol. The lowest BCUT2D eigenvalue weighted by Crippen LogP contribution is -2.67. The Balaban J connectivity index is 2.23. The van der Waals surface area contributed by atoms with E-state index < -0.39 is 5.54 Å². The van der Waals surface area contributed by atoms with Crippen LogP contribution in [0.3, 0.4) is 0 Å². The van der Waals surface area contributed by atoms with Crippen molar-refractivity contribution in [3.8, 4) is 0 Å². The Hall–Kier alpha value is -2.37. The van der Waals surface area contributed by atoms with Crippen LogP contribution >= 0.6 is 0 Å². The number of benzene rings is 1. The predicted octanol–water partition coefficient (Wildman–Crippen LogP) is 1.27. The number of carbonyl (C=O) groups is 3. The van der Waals surface area contributed by atoms with E-state index in [-0.39, 0.29) is 24.4 Å². The normalized spacial score (nSPS) is 24.5. The van der Waals surface area contributed by atoms with Crippen LogP contribution in [0.15, 0.2) is 24.3 Å². The molecule has 2 heterocycles. The number of imide groups is 1. The molecule has 1 fully saturated rings. The van der Waals surface area contributed by atoms with Crippen LogP contribution in [-0.4, -0.2) is 59.2 Å². The summed E-state index contributed by atoms with van der Waals surface area (Å²) < 4.78 is 0. The Kier molecular flexibility index (Phi) is 3.20. The number of rotatable bonds is 2. The lowest BCUT2D eigenvalue weighted by atomic mass is 9.86. The van der Waals surface area contributed by atoms with Gasteiger partial charge in [-0.2, -0.15) is 0 Å². The first kappa shape index (κ1) is 14.6. The van der Waals surface area contributed by atoms with Crippen molar-refractivity contribution in [2.75, 3.05) is 26.7 Å². The van der Waals surface area contributed by atoms with Crippen LogP contribution in [0.1, 0.15) is 29.8 Å². The van der Waals surface area contributed by atoms with Crippen LogP contribution in [0.2, 0.25) is 0 Å². The molecule has 1 saturated heterocycles. The van der Waals surface area contributed by atoms with E-state index in [9.17, 15) is 14.4 Å². The quantitative estimate of drug-likeness (QED) is 0.826. The Morgan fingerprint density at radius 2 is 1.77 bits per heavy atom. The number of amides is 4. The molecule has 0 aliphatic carbocycles. The van der Waals surface area contributed by atoms with E-state index in [4.69, 9.17) is 0 Å². The lowest BCUT2D eigenvalue weighted by Gasteiger charge is -2.46. The van der Waals surface area contributed by atoms with E-state index in [0.717, 1.165) is 4.90 Å². The zero-order chi connectivity index (χ0) is 16.1. The van der Waals surface area contributed by atoms with Crippen molar-refractivity contribution in [1.29, 1.82) is 0 Å². The smallest absolute Gasteiger partial charge is 0.321 e.